The van der Waals surface area contributed by atoms with Crippen molar-refractivity contribution in [1.82, 2.24) is 20.3 Å². The van der Waals surface area contributed by atoms with Crippen LogP contribution in [0.15, 0.2) is 24.5 Å². The van der Waals surface area contributed by atoms with Gasteiger partial charge in [0, 0.05) is 37.5 Å². The van der Waals surface area contributed by atoms with Crippen LogP contribution in [0.5, 0.6) is 0 Å². The summed E-state index contributed by atoms with van der Waals surface area (Å²) in [4.78, 5) is 12.8. The van der Waals surface area contributed by atoms with Crippen molar-refractivity contribution < 1.29 is 0 Å². The minimum atomic E-state index is 0.359. The highest BCUT2D eigenvalue weighted by Crippen LogP contribution is 2.20. The minimum absolute atomic E-state index is 0.359. The van der Waals surface area contributed by atoms with Gasteiger partial charge in [0.25, 0.3) is 0 Å². The zero-order chi connectivity index (χ0) is 15.2. The van der Waals surface area contributed by atoms with E-state index < -0.39 is 0 Å². The van der Waals surface area contributed by atoms with E-state index in [1.165, 1.54) is 11.1 Å². The van der Waals surface area contributed by atoms with Gasteiger partial charge in [-0.2, -0.15) is 4.98 Å². The molecule has 22 heavy (non-hydrogen) atoms. The molecular weight excluding hydrogens is 276 g/mol. The molecule has 0 aromatic carbocycles. The Kier molecular flexibility index (Phi) is 4.80. The van der Waals surface area contributed by atoms with Crippen molar-refractivity contribution in [1.29, 1.82) is 0 Å². The molecule has 2 aromatic rings. The molecule has 0 amide bonds. The molecular formula is C16H22N6. The maximum absolute atomic E-state index is 5.84. The third-order valence-electron chi connectivity index (χ3n) is 3.88. The standard InChI is InChI=1S/C16H22N6/c17-16-21-14-6-11-19-10-5-13(14)15(22-16)20-7-1-2-12-3-8-18-9-4-12/h3-4,8-9,19H,1-2,5-7,10-11H2,(H3,17,20,21,22). The first-order valence-corrected chi connectivity index (χ1v) is 7.81. The summed E-state index contributed by atoms with van der Waals surface area (Å²) in [5, 5.41) is 6.82. The van der Waals surface area contributed by atoms with Gasteiger partial charge in [0.1, 0.15) is 5.82 Å². The number of nitrogen functional groups attached to an aromatic ring is 1. The molecule has 0 aliphatic carbocycles. The Balaban J connectivity index is 1.61. The van der Waals surface area contributed by atoms with Gasteiger partial charge in [-0.1, -0.05) is 0 Å². The number of nitrogens with zero attached hydrogens (tertiary/aromatic N) is 3. The molecule has 4 N–H and O–H groups in total. The Morgan fingerprint density at radius 2 is 1.95 bits per heavy atom. The maximum Gasteiger partial charge on any atom is 0.222 e. The number of nitrogens with two attached hydrogens (primary N) is 1. The first-order chi connectivity index (χ1) is 10.8. The summed E-state index contributed by atoms with van der Waals surface area (Å²) in [7, 11) is 0. The van der Waals surface area contributed by atoms with Crippen LogP contribution in [-0.2, 0) is 19.3 Å². The maximum atomic E-state index is 5.84. The lowest BCUT2D eigenvalue weighted by molar-refractivity contribution is 0.708. The Bertz CT molecular complexity index is 614. The fraction of sp³-hybridized carbons (Fsp3) is 0.438. The molecule has 2 aromatic heterocycles. The summed E-state index contributed by atoms with van der Waals surface area (Å²) < 4.78 is 0. The van der Waals surface area contributed by atoms with E-state index in [4.69, 9.17) is 5.73 Å². The van der Waals surface area contributed by atoms with Crippen LogP contribution in [0.1, 0.15) is 23.2 Å². The number of anilines is 2. The van der Waals surface area contributed by atoms with Crippen molar-refractivity contribution in [2.45, 2.75) is 25.7 Å². The number of rotatable bonds is 5. The molecule has 116 valence electrons. The molecule has 3 rings (SSSR count). The number of hydrogen-bond donors (Lipinski definition) is 3. The topological polar surface area (TPSA) is 88.8 Å². The second-order valence-electron chi connectivity index (χ2n) is 5.49. The Morgan fingerprint density at radius 1 is 1.14 bits per heavy atom. The number of pyridine rings is 1. The van der Waals surface area contributed by atoms with Gasteiger partial charge in [0.05, 0.1) is 5.69 Å². The summed E-state index contributed by atoms with van der Waals surface area (Å²) in [5.74, 6) is 1.26. The number of fused-ring (bicyclic) bond motifs is 1. The highest BCUT2D eigenvalue weighted by molar-refractivity contribution is 5.50. The average Bonchev–Trinajstić information content (AvgIpc) is 2.77. The third kappa shape index (κ3) is 3.71. The van der Waals surface area contributed by atoms with Crippen LogP contribution in [0.3, 0.4) is 0 Å². The highest BCUT2D eigenvalue weighted by atomic mass is 15.1. The summed E-state index contributed by atoms with van der Waals surface area (Å²) in [6, 6.07) is 4.11. The molecule has 1 aliphatic rings. The molecule has 0 radical (unpaired) electrons. The molecule has 0 spiro atoms. The quantitative estimate of drug-likeness (QED) is 0.719. The number of nitrogens with one attached hydrogen (secondary N) is 2. The Morgan fingerprint density at radius 3 is 2.82 bits per heavy atom. The van der Waals surface area contributed by atoms with E-state index in [9.17, 15) is 0 Å². The summed E-state index contributed by atoms with van der Waals surface area (Å²) in [5.41, 5.74) is 9.44. The van der Waals surface area contributed by atoms with Gasteiger partial charge in [-0.05, 0) is 43.5 Å². The lowest BCUT2D eigenvalue weighted by Crippen LogP contribution is -2.16. The predicted octanol–water partition coefficient (Wildman–Crippen LogP) is 1.19. The van der Waals surface area contributed by atoms with Crippen molar-refractivity contribution >= 4 is 11.8 Å². The van der Waals surface area contributed by atoms with E-state index >= 15 is 0 Å². The zero-order valence-electron chi connectivity index (χ0n) is 12.7. The molecule has 0 unspecified atom stereocenters. The van der Waals surface area contributed by atoms with Crippen molar-refractivity contribution in [3.63, 3.8) is 0 Å². The van der Waals surface area contributed by atoms with Crippen molar-refractivity contribution in [3.05, 3.63) is 41.3 Å². The monoisotopic (exact) mass is 298 g/mol. The summed E-state index contributed by atoms with van der Waals surface area (Å²) in [6.07, 6.45) is 7.60. The molecule has 0 bridgehead atoms. The van der Waals surface area contributed by atoms with Crippen LogP contribution >= 0.6 is 0 Å². The van der Waals surface area contributed by atoms with Crippen LogP contribution in [-0.4, -0.2) is 34.6 Å². The third-order valence-corrected chi connectivity index (χ3v) is 3.88. The summed E-state index contributed by atoms with van der Waals surface area (Å²) >= 11 is 0. The van der Waals surface area contributed by atoms with E-state index in [1.54, 1.807) is 0 Å². The summed E-state index contributed by atoms with van der Waals surface area (Å²) in [6.45, 7) is 2.79. The average molecular weight is 298 g/mol. The lowest BCUT2D eigenvalue weighted by Gasteiger charge is -2.13. The molecule has 6 heteroatoms. The fourth-order valence-electron chi connectivity index (χ4n) is 2.76. The largest absolute Gasteiger partial charge is 0.370 e. The van der Waals surface area contributed by atoms with E-state index in [0.717, 1.165) is 56.8 Å². The molecule has 0 saturated heterocycles. The van der Waals surface area contributed by atoms with Crippen molar-refractivity contribution in [3.8, 4) is 0 Å². The van der Waals surface area contributed by atoms with Gasteiger partial charge in [-0.25, -0.2) is 4.98 Å². The minimum Gasteiger partial charge on any atom is -0.370 e. The zero-order valence-corrected chi connectivity index (χ0v) is 12.7. The Labute approximate surface area is 130 Å². The molecule has 6 nitrogen and oxygen atoms in total. The van der Waals surface area contributed by atoms with Crippen molar-refractivity contribution in [2.24, 2.45) is 0 Å². The smallest absolute Gasteiger partial charge is 0.222 e. The second kappa shape index (κ2) is 7.17. The first-order valence-electron chi connectivity index (χ1n) is 7.81. The lowest BCUT2D eigenvalue weighted by atomic mass is 10.1. The van der Waals surface area contributed by atoms with Gasteiger partial charge in [-0.3, -0.25) is 4.98 Å². The van der Waals surface area contributed by atoms with Crippen LogP contribution in [0.2, 0.25) is 0 Å². The SMILES string of the molecule is Nc1nc2c(c(NCCCc3ccncc3)n1)CCNCC2. The molecule has 0 atom stereocenters. The Hall–Kier alpha value is -2.21. The molecule has 1 aliphatic heterocycles. The fourth-order valence-corrected chi connectivity index (χ4v) is 2.76. The van der Waals surface area contributed by atoms with Gasteiger partial charge < -0.3 is 16.4 Å². The second-order valence-corrected chi connectivity index (χ2v) is 5.49. The number of aromatic nitrogens is 3. The van der Waals surface area contributed by atoms with Gasteiger partial charge in [0.15, 0.2) is 0 Å². The van der Waals surface area contributed by atoms with Gasteiger partial charge >= 0.3 is 0 Å². The number of hydrogen-bond acceptors (Lipinski definition) is 6. The van der Waals surface area contributed by atoms with Crippen LogP contribution in [0, 0.1) is 0 Å². The highest BCUT2D eigenvalue weighted by Gasteiger charge is 2.15. The predicted molar refractivity (Wildman–Crippen MR) is 87.8 cm³/mol. The van der Waals surface area contributed by atoms with E-state index in [-0.39, 0.29) is 0 Å². The van der Waals surface area contributed by atoms with E-state index in [2.05, 4.69) is 37.7 Å². The van der Waals surface area contributed by atoms with E-state index in [1.807, 2.05) is 12.4 Å². The van der Waals surface area contributed by atoms with E-state index in [0.29, 0.717) is 5.95 Å². The normalized spacial score (nSPS) is 14.2. The molecule has 3 heterocycles. The molecule has 0 saturated carbocycles. The molecule has 0 fully saturated rings. The van der Waals surface area contributed by atoms with Crippen LogP contribution in [0.4, 0.5) is 11.8 Å². The van der Waals surface area contributed by atoms with Gasteiger partial charge in [-0.15, -0.1) is 0 Å². The first kappa shape index (κ1) is 14.7. The van der Waals surface area contributed by atoms with Crippen LogP contribution < -0.4 is 16.4 Å². The van der Waals surface area contributed by atoms with Gasteiger partial charge in [0.2, 0.25) is 5.95 Å². The van der Waals surface area contributed by atoms with Crippen LogP contribution in [0.25, 0.3) is 0 Å². The van der Waals surface area contributed by atoms with Crippen molar-refractivity contribution in [2.75, 3.05) is 30.7 Å². The number of aryl methyl sites for hydroxylation is 1.